The molecule has 2 N–H and O–H groups in total. The number of rotatable bonds is 8. The van der Waals surface area contributed by atoms with E-state index in [0.717, 1.165) is 10.5 Å². The first-order valence-electron chi connectivity index (χ1n) is 7.98. The number of benzene rings is 1. The third-order valence-corrected chi connectivity index (χ3v) is 4.43. The van der Waals surface area contributed by atoms with Crippen LogP contribution in [0.5, 0.6) is 5.75 Å². The smallest absolute Gasteiger partial charge is 0.279 e. The van der Waals surface area contributed by atoms with Crippen LogP contribution in [0.15, 0.2) is 41.1 Å². The predicted molar refractivity (Wildman–Crippen MR) is 99.0 cm³/mol. The molecule has 0 saturated heterocycles. The van der Waals surface area contributed by atoms with Gasteiger partial charge in [-0.1, -0.05) is 6.07 Å². The Balaban J connectivity index is 1.79. The first-order valence-corrected chi connectivity index (χ1v) is 8.92. The zero-order valence-electron chi connectivity index (χ0n) is 14.7. The van der Waals surface area contributed by atoms with Crippen LogP contribution in [0.4, 0.5) is 5.69 Å². The molecule has 0 fully saturated rings. The number of hydrogen-bond donors (Lipinski definition) is 2. The Morgan fingerprint density at radius 3 is 2.76 bits per heavy atom. The maximum atomic E-state index is 12.3. The summed E-state index contributed by atoms with van der Waals surface area (Å²) >= 11 is 1.61. The van der Waals surface area contributed by atoms with Crippen LogP contribution in [-0.2, 0) is 16.1 Å². The summed E-state index contributed by atoms with van der Waals surface area (Å²) in [5.74, 6) is 0.556. The monoisotopic (exact) mass is 362 g/mol. The van der Waals surface area contributed by atoms with Crippen molar-refractivity contribution in [1.29, 1.82) is 0 Å². The van der Waals surface area contributed by atoms with Crippen LogP contribution < -0.4 is 15.0 Å². The number of carbonyl (C=O) groups is 2. The van der Waals surface area contributed by atoms with Crippen LogP contribution in [0, 0.1) is 0 Å². The summed E-state index contributed by atoms with van der Waals surface area (Å²) in [6.45, 7) is 1.08. The number of nitrogens with zero attached hydrogens (tertiary/aromatic N) is 1. The molecule has 7 heteroatoms. The van der Waals surface area contributed by atoms with Crippen LogP contribution in [0.2, 0.25) is 0 Å². The molecule has 6 nitrogen and oxygen atoms in total. The number of amides is 2. The molecule has 2 aromatic rings. The molecule has 1 atom stereocenters. The van der Waals surface area contributed by atoms with E-state index in [1.54, 1.807) is 42.5 Å². The van der Waals surface area contributed by atoms with Crippen molar-refractivity contribution in [3.05, 3.63) is 46.7 Å². The molecule has 0 aliphatic carbocycles. The topological polar surface area (TPSA) is 63.1 Å². The number of anilines is 1. The molecule has 2 amide bonds. The highest BCUT2D eigenvalue weighted by Crippen LogP contribution is 2.16. The molecule has 1 heterocycles. The lowest BCUT2D eigenvalue weighted by Crippen LogP contribution is -3.11. The summed E-state index contributed by atoms with van der Waals surface area (Å²) in [6, 6.07) is 9.19. The van der Waals surface area contributed by atoms with Crippen molar-refractivity contribution in [3.8, 4) is 5.75 Å². The summed E-state index contributed by atoms with van der Waals surface area (Å²) in [5, 5.41) is 6.85. The van der Waals surface area contributed by atoms with Crippen molar-refractivity contribution in [3.63, 3.8) is 0 Å². The van der Waals surface area contributed by atoms with Gasteiger partial charge in [0.05, 0.1) is 14.2 Å². The number of likely N-dealkylation sites (N-methyl/N-ethyl adjacent to an activating group) is 2. The van der Waals surface area contributed by atoms with Crippen molar-refractivity contribution in [2.24, 2.45) is 0 Å². The lowest BCUT2D eigenvalue weighted by Gasteiger charge is -2.19. The van der Waals surface area contributed by atoms with Crippen LogP contribution in [0.3, 0.4) is 0 Å². The summed E-state index contributed by atoms with van der Waals surface area (Å²) in [7, 11) is 5.20. The van der Waals surface area contributed by atoms with Crippen molar-refractivity contribution < 1.29 is 19.2 Å². The molecule has 2 rings (SSSR count). The Hall–Kier alpha value is -2.38. The number of methoxy groups -OCH3 is 1. The number of quaternary nitrogens is 1. The average molecular weight is 362 g/mol. The first-order chi connectivity index (χ1) is 12.0. The molecule has 0 radical (unpaired) electrons. The highest BCUT2D eigenvalue weighted by Gasteiger charge is 2.17. The molecule has 134 valence electrons. The van der Waals surface area contributed by atoms with Gasteiger partial charge in [-0.05, 0) is 34.5 Å². The Morgan fingerprint density at radius 2 is 2.08 bits per heavy atom. The minimum Gasteiger partial charge on any atom is -0.497 e. The maximum absolute atomic E-state index is 12.3. The fraction of sp³-hybridized carbons (Fsp3) is 0.333. The van der Waals surface area contributed by atoms with Gasteiger partial charge in [0, 0.05) is 25.3 Å². The van der Waals surface area contributed by atoms with E-state index in [2.05, 4.69) is 5.32 Å². The molecular weight excluding hydrogens is 338 g/mol. The second-order valence-electron chi connectivity index (χ2n) is 5.97. The molecular formula is C18H24N3O3S+. The van der Waals surface area contributed by atoms with E-state index in [1.165, 1.54) is 0 Å². The molecule has 0 spiro atoms. The fourth-order valence-electron chi connectivity index (χ4n) is 2.38. The van der Waals surface area contributed by atoms with Gasteiger partial charge in [-0.25, -0.2) is 0 Å². The van der Waals surface area contributed by atoms with E-state index in [4.69, 9.17) is 4.74 Å². The van der Waals surface area contributed by atoms with Gasteiger partial charge in [0.25, 0.3) is 11.8 Å². The van der Waals surface area contributed by atoms with Crippen molar-refractivity contribution >= 4 is 28.8 Å². The van der Waals surface area contributed by atoms with Gasteiger partial charge in [-0.15, -0.1) is 0 Å². The number of carbonyl (C=O) groups excluding carboxylic acids is 2. The average Bonchev–Trinajstić information content (AvgIpc) is 3.07. The van der Waals surface area contributed by atoms with Crippen molar-refractivity contribution in [2.75, 3.05) is 39.6 Å². The minimum absolute atomic E-state index is 0.0119. The van der Waals surface area contributed by atoms with Gasteiger partial charge < -0.3 is 19.9 Å². The molecule has 0 saturated carbocycles. The molecule has 1 aromatic heterocycles. The molecule has 0 aliphatic heterocycles. The number of nitrogens with one attached hydrogen (secondary N) is 2. The van der Waals surface area contributed by atoms with Gasteiger partial charge in [0.2, 0.25) is 0 Å². The minimum atomic E-state index is -0.140. The van der Waals surface area contributed by atoms with Crippen LogP contribution in [0.1, 0.15) is 5.56 Å². The van der Waals surface area contributed by atoms with Gasteiger partial charge >= 0.3 is 0 Å². The van der Waals surface area contributed by atoms with E-state index in [-0.39, 0.29) is 24.9 Å². The van der Waals surface area contributed by atoms with Crippen molar-refractivity contribution in [1.82, 2.24) is 4.90 Å². The van der Waals surface area contributed by atoms with Gasteiger partial charge in [-0.2, -0.15) is 11.3 Å². The molecule has 25 heavy (non-hydrogen) atoms. The SMILES string of the molecule is COc1cccc(NC(=O)C[NH+](C)CC(=O)N(C)Cc2ccsc2)c1. The lowest BCUT2D eigenvalue weighted by atomic mass is 10.3. The third-order valence-electron chi connectivity index (χ3n) is 3.69. The third kappa shape index (κ3) is 6.21. The van der Waals surface area contributed by atoms with E-state index < -0.39 is 0 Å². The molecule has 0 bridgehead atoms. The fourth-order valence-corrected chi connectivity index (χ4v) is 3.04. The molecule has 1 unspecified atom stereocenters. The summed E-state index contributed by atoms with van der Waals surface area (Å²) in [6.07, 6.45) is 0. The summed E-state index contributed by atoms with van der Waals surface area (Å²) in [5.41, 5.74) is 1.80. The van der Waals surface area contributed by atoms with E-state index in [9.17, 15) is 9.59 Å². The zero-order chi connectivity index (χ0) is 18.2. The first kappa shape index (κ1) is 19.0. The van der Waals surface area contributed by atoms with Crippen LogP contribution >= 0.6 is 11.3 Å². The highest BCUT2D eigenvalue weighted by molar-refractivity contribution is 7.07. The van der Waals surface area contributed by atoms with E-state index in [1.807, 2.05) is 36.0 Å². The molecule has 1 aromatic carbocycles. The van der Waals surface area contributed by atoms with Gasteiger partial charge in [-0.3, -0.25) is 9.59 Å². The second-order valence-corrected chi connectivity index (χ2v) is 6.75. The Bertz CT molecular complexity index is 703. The largest absolute Gasteiger partial charge is 0.497 e. The molecule has 0 aliphatic rings. The Labute approximate surface area is 152 Å². The van der Waals surface area contributed by atoms with Crippen LogP contribution in [0.25, 0.3) is 0 Å². The number of hydrogen-bond acceptors (Lipinski definition) is 4. The number of thiophene rings is 1. The predicted octanol–water partition coefficient (Wildman–Crippen LogP) is 0.869. The van der Waals surface area contributed by atoms with Crippen molar-refractivity contribution in [2.45, 2.75) is 6.54 Å². The zero-order valence-corrected chi connectivity index (χ0v) is 15.6. The maximum Gasteiger partial charge on any atom is 0.279 e. The number of ether oxygens (including phenoxy) is 1. The van der Waals surface area contributed by atoms with Gasteiger partial charge in [0.1, 0.15) is 5.75 Å². The second kappa shape index (κ2) is 9.19. The summed E-state index contributed by atoms with van der Waals surface area (Å²) in [4.78, 5) is 26.9. The Morgan fingerprint density at radius 1 is 1.28 bits per heavy atom. The quantitative estimate of drug-likeness (QED) is 0.732. The Kier molecular flexibility index (Phi) is 6.97. The highest BCUT2D eigenvalue weighted by atomic mass is 32.1. The van der Waals surface area contributed by atoms with E-state index >= 15 is 0 Å². The normalized spacial score (nSPS) is 11.6. The van der Waals surface area contributed by atoms with E-state index in [0.29, 0.717) is 18.0 Å². The summed E-state index contributed by atoms with van der Waals surface area (Å²) < 4.78 is 5.13. The standard InChI is InChI=1S/C18H23N3O3S/c1-20(12-18(23)21(2)10-14-7-8-25-13-14)11-17(22)19-15-5-4-6-16(9-15)24-3/h4-9,13H,10-12H2,1-3H3,(H,19,22)/p+1. The lowest BCUT2D eigenvalue weighted by molar-refractivity contribution is -0.862. The van der Waals surface area contributed by atoms with Gasteiger partial charge in [0.15, 0.2) is 13.1 Å². The van der Waals surface area contributed by atoms with Crippen LogP contribution in [-0.4, -0.2) is 51.0 Å².